The summed E-state index contributed by atoms with van der Waals surface area (Å²) in [5, 5.41) is 3.70. The highest BCUT2D eigenvalue weighted by Crippen LogP contribution is 2.35. The average Bonchev–Trinajstić information content (AvgIpc) is 2.79. The van der Waals surface area contributed by atoms with Crippen LogP contribution in [0, 0.1) is 0 Å². The van der Waals surface area contributed by atoms with Crippen molar-refractivity contribution >= 4 is 11.0 Å². The van der Waals surface area contributed by atoms with Crippen molar-refractivity contribution in [2.45, 2.75) is 58.0 Å². The summed E-state index contributed by atoms with van der Waals surface area (Å²) in [6, 6.07) is 8.48. The van der Waals surface area contributed by atoms with E-state index in [1.807, 2.05) is 0 Å². The Hall–Kier alpha value is -1.35. The fraction of sp³-hybridized carbons (Fsp3) is 0.588. The number of hydrogen-bond donors (Lipinski definition) is 1. The first-order valence-electron chi connectivity index (χ1n) is 7.65. The van der Waals surface area contributed by atoms with Gasteiger partial charge >= 0.3 is 0 Å². The number of imidazole rings is 1. The molecule has 2 aromatic rings. The summed E-state index contributed by atoms with van der Waals surface area (Å²) < 4.78 is 2.42. The molecule has 2 heterocycles. The highest BCUT2D eigenvalue weighted by atomic mass is 15.2. The second-order valence-electron chi connectivity index (χ2n) is 7.15. The summed E-state index contributed by atoms with van der Waals surface area (Å²) in [6.07, 6.45) is 3.70. The van der Waals surface area contributed by atoms with Crippen molar-refractivity contribution < 1.29 is 0 Å². The van der Waals surface area contributed by atoms with E-state index >= 15 is 0 Å². The molecule has 1 atom stereocenters. The molecule has 0 amide bonds. The lowest BCUT2D eigenvalue weighted by Gasteiger charge is -2.37. The van der Waals surface area contributed by atoms with Gasteiger partial charge < -0.3 is 9.88 Å². The number of nitrogens with one attached hydrogen (secondary N) is 1. The lowest BCUT2D eigenvalue weighted by molar-refractivity contribution is 0.243. The van der Waals surface area contributed by atoms with Gasteiger partial charge in [0.15, 0.2) is 0 Å². The van der Waals surface area contributed by atoms with E-state index in [0.717, 1.165) is 18.5 Å². The van der Waals surface area contributed by atoms with Gasteiger partial charge in [-0.05, 0) is 65.6 Å². The van der Waals surface area contributed by atoms with E-state index in [9.17, 15) is 0 Å². The number of benzene rings is 1. The maximum absolute atomic E-state index is 4.98. The molecule has 108 valence electrons. The molecule has 0 radical (unpaired) electrons. The molecule has 1 N–H and O–H groups in total. The Morgan fingerprint density at radius 2 is 1.95 bits per heavy atom. The Balaban J connectivity index is 2.24. The first kappa shape index (κ1) is 13.6. The van der Waals surface area contributed by atoms with Gasteiger partial charge in [-0.1, -0.05) is 12.1 Å². The summed E-state index contributed by atoms with van der Waals surface area (Å²) in [7, 11) is 0. The van der Waals surface area contributed by atoms with Crippen LogP contribution in [-0.4, -0.2) is 16.1 Å². The fourth-order valence-corrected chi connectivity index (χ4v) is 3.32. The molecule has 0 saturated carbocycles. The van der Waals surface area contributed by atoms with Gasteiger partial charge in [0.25, 0.3) is 0 Å². The van der Waals surface area contributed by atoms with E-state index in [4.69, 9.17) is 4.98 Å². The van der Waals surface area contributed by atoms with Crippen molar-refractivity contribution in [1.82, 2.24) is 14.9 Å². The Morgan fingerprint density at radius 1 is 1.20 bits per heavy atom. The molecule has 1 aliphatic heterocycles. The molecule has 1 fully saturated rings. The smallest absolute Gasteiger partial charge is 0.130 e. The first-order valence-corrected chi connectivity index (χ1v) is 7.65. The van der Waals surface area contributed by atoms with Crippen LogP contribution in [0.1, 0.15) is 52.8 Å². The minimum atomic E-state index is -0.00938. The lowest BCUT2D eigenvalue weighted by Crippen LogP contribution is -2.46. The normalized spacial score (nSPS) is 24.2. The minimum absolute atomic E-state index is 0.00938. The van der Waals surface area contributed by atoms with Gasteiger partial charge in [-0.3, -0.25) is 0 Å². The second-order valence-corrected chi connectivity index (χ2v) is 7.15. The number of fused-ring (bicyclic) bond motifs is 1. The van der Waals surface area contributed by atoms with Crippen molar-refractivity contribution in [3.8, 4) is 0 Å². The van der Waals surface area contributed by atoms with Gasteiger partial charge in [0, 0.05) is 5.54 Å². The van der Waals surface area contributed by atoms with E-state index in [1.165, 1.54) is 24.2 Å². The lowest BCUT2D eigenvalue weighted by atomic mass is 9.89. The van der Waals surface area contributed by atoms with Crippen molar-refractivity contribution in [3.63, 3.8) is 0 Å². The van der Waals surface area contributed by atoms with Gasteiger partial charge in [-0.2, -0.15) is 0 Å². The monoisotopic (exact) mass is 271 g/mol. The number of para-hydroxylation sites is 2. The SMILES string of the molecule is CC1(c2nc3ccccc3n2C(C)(C)C)CCCCN1. The molecular formula is C17H25N3. The third-order valence-corrected chi connectivity index (χ3v) is 4.34. The predicted octanol–water partition coefficient (Wildman–Crippen LogP) is 3.78. The Kier molecular flexibility index (Phi) is 3.13. The number of hydrogen-bond acceptors (Lipinski definition) is 2. The van der Waals surface area contributed by atoms with Crippen LogP contribution < -0.4 is 5.32 Å². The number of nitrogens with zero attached hydrogens (tertiary/aromatic N) is 2. The highest BCUT2D eigenvalue weighted by molar-refractivity contribution is 5.76. The molecule has 1 aromatic carbocycles. The molecule has 3 rings (SSSR count). The van der Waals surface area contributed by atoms with Gasteiger partial charge in [0.2, 0.25) is 0 Å². The molecule has 1 saturated heterocycles. The number of piperidine rings is 1. The molecule has 3 heteroatoms. The third-order valence-electron chi connectivity index (χ3n) is 4.34. The van der Waals surface area contributed by atoms with Gasteiger partial charge in [-0.15, -0.1) is 0 Å². The molecule has 0 bridgehead atoms. The molecule has 1 aromatic heterocycles. The first-order chi connectivity index (χ1) is 9.42. The van der Waals surface area contributed by atoms with Crippen LogP contribution in [0.3, 0.4) is 0 Å². The van der Waals surface area contributed by atoms with Crippen LogP contribution in [0.15, 0.2) is 24.3 Å². The van der Waals surface area contributed by atoms with Gasteiger partial charge in [0.1, 0.15) is 5.82 Å². The third kappa shape index (κ3) is 2.14. The zero-order chi connectivity index (χ0) is 14.4. The van der Waals surface area contributed by atoms with Crippen LogP contribution in [0.2, 0.25) is 0 Å². The van der Waals surface area contributed by atoms with Crippen LogP contribution in [0.5, 0.6) is 0 Å². The largest absolute Gasteiger partial charge is 0.321 e. The second kappa shape index (κ2) is 4.59. The van der Waals surface area contributed by atoms with Crippen LogP contribution >= 0.6 is 0 Å². The van der Waals surface area contributed by atoms with Crippen LogP contribution in [0.4, 0.5) is 0 Å². The molecule has 1 unspecified atom stereocenters. The topological polar surface area (TPSA) is 29.9 Å². The molecule has 20 heavy (non-hydrogen) atoms. The molecule has 3 nitrogen and oxygen atoms in total. The number of rotatable bonds is 1. The maximum Gasteiger partial charge on any atom is 0.130 e. The molecule has 0 spiro atoms. The van der Waals surface area contributed by atoms with Gasteiger partial charge in [-0.25, -0.2) is 4.98 Å². The quantitative estimate of drug-likeness (QED) is 0.855. The van der Waals surface area contributed by atoms with E-state index in [2.05, 4.69) is 61.8 Å². The summed E-state index contributed by atoms with van der Waals surface area (Å²) in [4.78, 5) is 4.98. The fourth-order valence-electron chi connectivity index (χ4n) is 3.32. The Morgan fingerprint density at radius 3 is 2.60 bits per heavy atom. The highest BCUT2D eigenvalue weighted by Gasteiger charge is 2.36. The minimum Gasteiger partial charge on any atom is -0.321 e. The summed E-state index contributed by atoms with van der Waals surface area (Å²) in [6.45, 7) is 10.2. The predicted molar refractivity (Wildman–Crippen MR) is 83.9 cm³/mol. The van der Waals surface area contributed by atoms with Crippen molar-refractivity contribution in [1.29, 1.82) is 0 Å². The van der Waals surface area contributed by atoms with Crippen LogP contribution in [-0.2, 0) is 11.1 Å². The average molecular weight is 271 g/mol. The van der Waals surface area contributed by atoms with Gasteiger partial charge in [0.05, 0.1) is 16.6 Å². The Bertz CT molecular complexity index is 613. The molecular weight excluding hydrogens is 246 g/mol. The summed E-state index contributed by atoms with van der Waals surface area (Å²) in [5.41, 5.74) is 2.37. The Labute approximate surface area is 121 Å². The zero-order valence-electron chi connectivity index (χ0n) is 13.0. The van der Waals surface area contributed by atoms with Crippen LogP contribution in [0.25, 0.3) is 11.0 Å². The standard InChI is InChI=1S/C17H25N3/c1-16(2,3)20-14-10-6-5-9-13(14)19-15(20)17(4)11-7-8-12-18-17/h5-6,9-10,18H,7-8,11-12H2,1-4H3. The summed E-state index contributed by atoms with van der Waals surface area (Å²) >= 11 is 0. The van der Waals surface area contributed by atoms with Crippen molar-refractivity contribution in [2.24, 2.45) is 0 Å². The van der Waals surface area contributed by atoms with Crippen molar-refractivity contribution in [3.05, 3.63) is 30.1 Å². The van der Waals surface area contributed by atoms with E-state index < -0.39 is 0 Å². The molecule has 0 aliphatic carbocycles. The molecule has 1 aliphatic rings. The maximum atomic E-state index is 4.98. The summed E-state index contributed by atoms with van der Waals surface area (Å²) in [5.74, 6) is 1.19. The van der Waals surface area contributed by atoms with E-state index in [1.54, 1.807) is 0 Å². The van der Waals surface area contributed by atoms with E-state index in [0.29, 0.717) is 0 Å². The zero-order valence-corrected chi connectivity index (χ0v) is 13.0. The van der Waals surface area contributed by atoms with E-state index in [-0.39, 0.29) is 11.1 Å². The number of aromatic nitrogens is 2. The van der Waals surface area contributed by atoms with Crippen molar-refractivity contribution in [2.75, 3.05) is 6.54 Å².